The molecule has 0 radical (unpaired) electrons. The highest BCUT2D eigenvalue weighted by atomic mass is 79.9. The Morgan fingerprint density at radius 2 is 2.27 bits per heavy atom. The van der Waals surface area contributed by atoms with Gasteiger partial charge in [0, 0.05) is 24.1 Å². The largest absolute Gasteiger partial charge is 0.497 e. The summed E-state index contributed by atoms with van der Waals surface area (Å²) in [4.78, 5) is 6.77. The van der Waals surface area contributed by atoms with Crippen molar-refractivity contribution in [1.29, 1.82) is 0 Å². The lowest BCUT2D eigenvalue weighted by Crippen LogP contribution is -2.44. The van der Waals surface area contributed by atoms with E-state index in [1.54, 1.807) is 7.11 Å². The molecular weight excluding hydrogens is 372 g/mol. The summed E-state index contributed by atoms with van der Waals surface area (Å²) in [5.74, 6) is 1.95. The first-order valence-electron chi connectivity index (χ1n) is 6.77. The van der Waals surface area contributed by atoms with Crippen molar-refractivity contribution < 1.29 is 9.26 Å². The van der Waals surface area contributed by atoms with Gasteiger partial charge in [-0.15, -0.1) is 12.4 Å². The van der Waals surface area contributed by atoms with Crippen molar-refractivity contribution >= 4 is 28.3 Å². The molecule has 8 heteroatoms. The van der Waals surface area contributed by atoms with Crippen LogP contribution in [0.3, 0.4) is 0 Å². The van der Waals surface area contributed by atoms with E-state index in [1.807, 2.05) is 18.2 Å². The van der Waals surface area contributed by atoms with E-state index in [2.05, 4.69) is 43.3 Å². The Bertz CT molecular complexity index is 637. The molecule has 2 aromatic rings. The molecule has 1 fully saturated rings. The molecule has 1 atom stereocenters. The quantitative estimate of drug-likeness (QED) is 0.870. The number of nitrogens with one attached hydrogen (secondary N) is 1. The first-order valence-corrected chi connectivity index (χ1v) is 7.57. The van der Waals surface area contributed by atoms with Crippen molar-refractivity contribution in [2.24, 2.45) is 0 Å². The number of nitrogens with zero attached hydrogens (tertiary/aromatic N) is 3. The molecule has 1 N–H and O–H groups in total. The molecule has 3 rings (SSSR count). The van der Waals surface area contributed by atoms with Gasteiger partial charge in [-0.2, -0.15) is 4.98 Å². The van der Waals surface area contributed by atoms with Crippen LogP contribution in [0.15, 0.2) is 27.2 Å². The summed E-state index contributed by atoms with van der Waals surface area (Å²) >= 11 is 3.51. The van der Waals surface area contributed by atoms with Crippen molar-refractivity contribution in [2.45, 2.75) is 6.04 Å². The molecule has 120 valence electrons. The van der Waals surface area contributed by atoms with Crippen LogP contribution in [0.25, 0.3) is 11.5 Å². The zero-order valence-corrected chi connectivity index (χ0v) is 14.8. The highest BCUT2D eigenvalue weighted by molar-refractivity contribution is 9.10. The second-order valence-electron chi connectivity index (χ2n) is 5.00. The van der Waals surface area contributed by atoms with Gasteiger partial charge in [0.25, 0.3) is 5.89 Å². The SMILES string of the molecule is COc1ccc(Br)c(-c2nc(C3CNCCN3C)no2)c1.Cl. The lowest BCUT2D eigenvalue weighted by molar-refractivity contribution is 0.190. The lowest BCUT2D eigenvalue weighted by atomic mass is 10.2. The van der Waals surface area contributed by atoms with Crippen LogP contribution in [-0.4, -0.2) is 48.8 Å². The van der Waals surface area contributed by atoms with Gasteiger partial charge >= 0.3 is 0 Å². The monoisotopic (exact) mass is 388 g/mol. The number of benzene rings is 1. The van der Waals surface area contributed by atoms with Gasteiger partial charge in [-0.05, 0) is 41.2 Å². The molecule has 0 spiro atoms. The maximum atomic E-state index is 5.43. The molecule has 22 heavy (non-hydrogen) atoms. The third-order valence-corrected chi connectivity index (χ3v) is 4.35. The number of halogens is 2. The van der Waals surface area contributed by atoms with Gasteiger partial charge in [0.1, 0.15) is 5.75 Å². The summed E-state index contributed by atoms with van der Waals surface area (Å²) in [6, 6.07) is 5.81. The standard InChI is InChI=1S/C14H17BrN4O2.ClH/c1-19-6-5-16-8-12(19)13-17-14(21-18-13)10-7-9(20-2)3-4-11(10)15;/h3-4,7,12,16H,5-6,8H2,1-2H3;1H. The zero-order chi connectivity index (χ0) is 14.8. The number of hydrogen-bond donors (Lipinski definition) is 1. The number of aromatic nitrogens is 2. The molecule has 1 aromatic carbocycles. The van der Waals surface area contributed by atoms with Gasteiger partial charge in [0.15, 0.2) is 5.82 Å². The van der Waals surface area contributed by atoms with E-state index in [9.17, 15) is 0 Å². The third-order valence-electron chi connectivity index (χ3n) is 3.65. The zero-order valence-electron chi connectivity index (χ0n) is 12.4. The fourth-order valence-electron chi connectivity index (χ4n) is 2.37. The van der Waals surface area contributed by atoms with Crippen LogP contribution in [-0.2, 0) is 0 Å². The van der Waals surface area contributed by atoms with Crippen LogP contribution < -0.4 is 10.1 Å². The Labute approximate surface area is 143 Å². The van der Waals surface area contributed by atoms with Crippen LogP contribution in [0.1, 0.15) is 11.9 Å². The molecule has 0 aliphatic carbocycles. The number of rotatable bonds is 3. The molecule has 1 unspecified atom stereocenters. The van der Waals surface area contributed by atoms with E-state index in [0.29, 0.717) is 11.7 Å². The topological polar surface area (TPSA) is 63.4 Å². The lowest BCUT2D eigenvalue weighted by Gasteiger charge is -2.30. The second kappa shape index (κ2) is 7.41. The maximum absolute atomic E-state index is 5.43. The summed E-state index contributed by atoms with van der Waals surface area (Å²) in [5.41, 5.74) is 0.833. The van der Waals surface area contributed by atoms with Gasteiger partial charge in [-0.25, -0.2) is 0 Å². The minimum absolute atomic E-state index is 0. The minimum Gasteiger partial charge on any atom is -0.497 e. The number of ether oxygens (including phenoxy) is 1. The van der Waals surface area contributed by atoms with Crippen molar-refractivity contribution in [1.82, 2.24) is 20.4 Å². The Balaban J connectivity index is 0.00000176. The van der Waals surface area contributed by atoms with Crippen molar-refractivity contribution in [3.05, 3.63) is 28.5 Å². The average Bonchev–Trinajstić information content (AvgIpc) is 2.97. The van der Waals surface area contributed by atoms with E-state index in [0.717, 1.165) is 35.4 Å². The van der Waals surface area contributed by atoms with E-state index < -0.39 is 0 Å². The molecule has 6 nitrogen and oxygen atoms in total. The number of piperazine rings is 1. The normalized spacial score (nSPS) is 18.8. The number of methoxy groups -OCH3 is 1. The third kappa shape index (κ3) is 3.43. The van der Waals surface area contributed by atoms with Gasteiger partial charge in [0.2, 0.25) is 0 Å². The van der Waals surface area contributed by atoms with Crippen LogP contribution in [0, 0.1) is 0 Å². The predicted octanol–water partition coefficient (Wildman–Crippen LogP) is 2.51. The van der Waals surface area contributed by atoms with E-state index in [4.69, 9.17) is 9.26 Å². The Hall–Kier alpha value is -1.15. The Morgan fingerprint density at radius 3 is 3.00 bits per heavy atom. The number of hydrogen-bond acceptors (Lipinski definition) is 6. The molecule has 1 aliphatic heterocycles. The van der Waals surface area contributed by atoms with Crippen LogP contribution in [0.5, 0.6) is 5.75 Å². The summed E-state index contributed by atoms with van der Waals surface area (Å²) in [7, 11) is 3.71. The van der Waals surface area contributed by atoms with Crippen LogP contribution in [0.4, 0.5) is 0 Å². The molecule has 1 saturated heterocycles. The van der Waals surface area contributed by atoms with Gasteiger partial charge in [-0.3, -0.25) is 4.90 Å². The van der Waals surface area contributed by atoms with Crippen molar-refractivity contribution in [3.63, 3.8) is 0 Å². The van der Waals surface area contributed by atoms with Gasteiger partial charge in [0.05, 0.1) is 18.7 Å². The van der Waals surface area contributed by atoms with Crippen LogP contribution >= 0.6 is 28.3 Å². The second-order valence-corrected chi connectivity index (χ2v) is 5.86. The van der Waals surface area contributed by atoms with E-state index in [-0.39, 0.29) is 18.4 Å². The minimum atomic E-state index is 0. The Kier molecular flexibility index (Phi) is 5.80. The summed E-state index contributed by atoms with van der Waals surface area (Å²) in [6.07, 6.45) is 0. The van der Waals surface area contributed by atoms with Gasteiger partial charge < -0.3 is 14.6 Å². The molecule has 0 bridgehead atoms. The highest BCUT2D eigenvalue weighted by Crippen LogP contribution is 2.31. The summed E-state index contributed by atoms with van der Waals surface area (Å²) < 4.78 is 11.6. The van der Waals surface area contributed by atoms with E-state index in [1.165, 1.54) is 0 Å². The molecule has 2 heterocycles. The molecule has 1 aliphatic rings. The molecular formula is C14H18BrClN4O2. The predicted molar refractivity (Wildman–Crippen MR) is 89.5 cm³/mol. The summed E-state index contributed by atoms with van der Waals surface area (Å²) in [5, 5.41) is 7.48. The molecule has 1 aromatic heterocycles. The first kappa shape index (κ1) is 17.2. The Morgan fingerprint density at radius 1 is 1.45 bits per heavy atom. The number of likely N-dealkylation sites (N-methyl/N-ethyl adjacent to an activating group) is 1. The summed E-state index contributed by atoms with van der Waals surface area (Å²) in [6.45, 7) is 2.78. The average molecular weight is 390 g/mol. The fraction of sp³-hybridized carbons (Fsp3) is 0.429. The van der Waals surface area contributed by atoms with Crippen LogP contribution in [0.2, 0.25) is 0 Å². The van der Waals surface area contributed by atoms with Gasteiger partial charge in [-0.1, -0.05) is 5.16 Å². The fourth-order valence-corrected chi connectivity index (χ4v) is 2.79. The maximum Gasteiger partial charge on any atom is 0.259 e. The first-order chi connectivity index (χ1) is 10.2. The van der Waals surface area contributed by atoms with E-state index >= 15 is 0 Å². The molecule has 0 amide bonds. The molecule has 0 saturated carbocycles. The highest BCUT2D eigenvalue weighted by Gasteiger charge is 2.26. The smallest absolute Gasteiger partial charge is 0.259 e. The van der Waals surface area contributed by atoms with Crippen molar-refractivity contribution in [3.8, 4) is 17.2 Å². The van der Waals surface area contributed by atoms with Crippen molar-refractivity contribution in [2.75, 3.05) is 33.8 Å².